The molecule has 0 unspecified atom stereocenters. The van der Waals surface area contributed by atoms with Crippen LogP contribution in [-0.2, 0) is 16.0 Å². The summed E-state index contributed by atoms with van der Waals surface area (Å²) in [5.41, 5.74) is 2.00. The van der Waals surface area contributed by atoms with Crippen molar-refractivity contribution in [2.24, 2.45) is 0 Å². The normalized spacial score (nSPS) is 12.2. The van der Waals surface area contributed by atoms with Crippen LogP contribution in [0.4, 0.5) is 0 Å². The Labute approximate surface area is 194 Å². The molecule has 10 heteroatoms. The molecule has 0 aliphatic carbocycles. The van der Waals surface area contributed by atoms with E-state index in [1.807, 2.05) is 0 Å². The quantitative estimate of drug-likeness (QED) is 0.228. The van der Waals surface area contributed by atoms with Crippen molar-refractivity contribution in [1.29, 1.82) is 0 Å². The van der Waals surface area contributed by atoms with Crippen molar-refractivity contribution < 1.29 is 19.1 Å². The van der Waals surface area contributed by atoms with E-state index < -0.39 is 11.2 Å². The van der Waals surface area contributed by atoms with E-state index in [1.165, 1.54) is 11.7 Å². The molecule has 2 heterocycles. The number of aromatic amines is 1. The van der Waals surface area contributed by atoms with E-state index in [0.29, 0.717) is 50.2 Å². The van der Waals surface area contributed by atoms with Crippen LogP contribution in [0, 0.1) is 13.8 Å². The van der Waals surface area contributed by atoms with Crippen LogP contribution in [0.2, 0.25) is 5.02 Å². The number of aryl methyl sites for hydroxylation is 1. The van der Waals surface area contributed by atoms with Crippen molar-refractivity contribution in [3.8, 4) is 0 Å². The van der Waals surface area contributed by atoms with E-state index in [1.54, 1.807) is 46.1 Å². The minimum atomic E-state index is -0.588. The molecule has 0 aliphatic rings. The molecule has 0 bridgehead atoms. The van der Waals surface area contributed by atoms with Gasteiger partial charge in [-0.2, -0.15) is 0 Å². The van der Waals surface area contributed by atoms with E-state index in [4.69, 9.17) is 21.1 Å². The molecule has 0 fully saturated rings. The number of benzene rings is 1. The molecule has 32 heavy (non-hydrogen) atoms. The van der Waals surface area contributed by atoms with Crippen LogP contribution >= 0.6 is 23.4 Å². The number of ketones is 1. The second-order valence-corrected chi connectivity index (χ2v) is 8.99. The van der Waals surface area contributed by atoms with Gasteiger partial charge in [0, 0.05) is 17.8 Å². The van der Waals surface area contributed by atoms with Crippen molar-refractivity contribution >= 4 is 46.0 Å². The van der Waals surface area contributed by atoms with Gasteiger partial charge >= 0.3 is 5.97 Å². The number of carbonyl (C=O) groups is 2. The molecule has 0 saturated carbocycles. The maximum Gasteiger partial charge on any atom is 0.339 e. The number of ether oxygens (including phenoxy) is 2. The highest BCUT2D eigenvalue weighted by molar-refractivity contribution is 8.00. The van der Waals surface area contributed by atoms with Crippen LogP contribution < -0.4 is 5.56 Å². The minimum Gasteiger partial charge on any atom is -0.465 e. The fourth-order valence-corrected chi connectivity index (χ4v) is 4.62. The van der Waals surface area contributed by atoms with Crippen LogP contribution in [0.1, 0.15) is 39.0 Å². The molecule has 1 aromatic carbocycles. The molecule has 1 atom stereocenters. The van der Waals surface area contributed by atoms with E-state index in [2.05, 4.69) is 9.97 Å². The van der Waals surface area contributed by atoms with Crippen LogP contribution in [0.5, 0.6) is 0 Å². The topological polar surface area (TPSA) is 103 Å². The number of hydrogen-bond acceptors (Lipinski definition) is 7. The standard InChI is InChI=1S/C22H24ClN3O5S/c1-11-17(21(29)31-5)12(2)24-18(11)19(27)13(3)32-22-25-16-10-14(23)6-7-15(16)20(28)26(22)8-9-30-4/h6-7,10,13,24H,8-9H2,1-5H3/t13-/m0/s1. The number of Topliss-reactive ketones (excluding diaryl/α,β-unsaturated/α-hetero) is 1. The van der Waals surface area contributed by atoms with Gasteiger partial charge in [-0.1, -0.05) is 23.4 Å². The zero-order chi connectivity index (χ0) is 23.6. The first-order valence-electron chi connectivity index (χ1n) is 9.87. The molecule has 170 valence electrons. The van der Waals surface area contributed by atoms with E-state index in [-0.39, 0.29) is 17.9 Å². The number of methoxy groups -OCH3 is 2. The smallest absolute Gasteiger partial charge is 0.339 e. The summed E-state index contributed by atoms with van der Waals surface area (Å²) in [6, 6.07) is 4.90. The lowest BCUT2D eigenvalue weighted by Crippen LogP contribution is -2.26. The summed E-state index contributed by atoms with van der Waals surface area (Å²) in [5.74, 6) is -0.721. The molecule has 0 radical (unpaired) electrons. The largest absolute Gasteiger partial charge is 0.465 e. The number of halogens is 1. The molecule has 2 aromatic heterocycles. The summed E-state index contributed by atoms with van der Waals surface area (Å²) in [6.45, 7) is 5.75. The fraction of sp³-hybridized carbons (Fsp3) is 0.364. The second-order valence-electron chi connectivity index (χ2n) is 7.25. The van der Waals surface area contributed by atoms with Crippen molar-refractivity contribution in [3.63, 3.8) is 0 Å². The number of H-pyrrole nitrogens is 1. The maximum atomic E-state index is 13.2. The number of hydrogen-bond donors (Lipinski definition) is 1. The van der Waals surface area contributed by atoms with Gasteiger partial charge in [0.25, 0.3) is 5.56 Å². The molecule has 3 rings (SSSR count). The third-order valence-corrected chi connectivity index (χ3v) is 6.45. The Morgan fingerprint density at radius 3 is 2.66 bits per heavy atom. The Morgan fingerprint density at radius 1 is 1.28 bits per heavy atom. The summed E-state index contributed by atoms with van der Waals surface area (Å²) in [4.78, 5) is 45.9. The Hall–Kier alpha value is -2.62. The number of aromatic nitrogens is 3. The van der Waals surface area contributed by atoms with Crippen molar-refractivity contribution in [2.75, 3.05) is 20.8 Å². The monoisotopic (exact) mass is 477 g/mol. The van der Waals surface area contributed by atoms with Crippen LogP contribution in [0.25, 0.3) is 10.9 Å². The van der Waals surface area contributed by atoms with Crippen LogP contribution in [0.15, 0.2) is 28.2 Å². The lowest BCUT2D eigenvalue weighted by atomic mass is 10.1. The van der Waals surface area contributed by atoms with Gasteiger partial charge in [-0.05, 0) is 44.5 Å². The number of rotatable bonds is 8. The number of fused-ring (bicyclic) bond motifs is 1. The van der Waals surface area contributed by atoms with Gasteiger partial charge in [-0.3, -0.25) is 14.2 Å². The van der Waals surface area contributed by atoms with Gasteiger partial charge in [0.2, 0.25) is 0 Å². The van der Waals surface area contributed by atoms with Gasteiger partial charge in [-0.15, -0.1) is 0 Å². The highest BCUT2D eigenvalue weighted by Crippen LogP contribution is 2.28. The molecule has 0 aliphatic heterocycles. The van der Waals surface area contributed by atoms with Gasteiger partial charge < -0.3 is 14.5 Å². The predicted molar refractivity (Wildman–Crippen MR) is 124 cm³/mol. The highest BCUT2D eigenvalue weighted by atomic mass is 35.5. The lowest BCUT2D eigenvalue weighted by molar-refractivity contribution is 0.0599. The first-order chi connectivity index (χ1) is 15.2. The first kappa shape index (κ1) is 24.0. The average molecular weight is 478 g/mol. The molecule has 3 aromatic rings. The third kappa shape index (κ3) is 4.60. The number of nitrogens with zero attached hydrogens (tertiary/aromatic N) is 2. The SMILES string of the molecule is COCCn1c(S[C@@H](C)C(=O)c2[nH]c(C)c(C(=O)OC)c2C)nc2cc(Cl)ccc2c1=O. The molecule has 1 N–H and O–H groups in total. The predicted octanol–water partition coefficient (Wildman–Crippen LogP) is 3.79. The molecular formula is C22H24ClN3O5S. The Kier molecular flexibility index (Phi) is 7.43. The van der Waals surface area contributed by atoms with E-state index in [0.717, 1.165) is 11.8 Å². The number of thioether (sulfide) groups is 1. The zero-order valence-corrected chi connectivity index (χ0v) is 20.0. The number of carbonyl (C=O) groups excluding carboxylic acids is 2. The summed E-state index contributed by atoms with van der Waals surface area (Å²) in [7, 11) is 2.85. The summed E-state index contributed by atoms with van der Waals surface area (Å²) < 4.78 is 11.5. The molecule has 0 spiro atoms. The molecular weight excluding hydrogens is 454 g/mol. The molecule has 0 saturated heterocycles. The van der Waals surface area contributed by atoms with E-state index >= 15 is 0 Å². The Balaban J connectivity index is 2.00. The van der Waals surface area contributed by atoms with Gasteiger partial charge in [-0.25, -0.2) is 9.78 Å². The fourth-order valence-electron chi connectivity index (χ4n) is 3.46. The Morgan fingerprint density at radius 2 is 2.00 bits per heavy atom. The first-order valence-corrected chi connectivity index (χ1v) is 11.1. The number of nitrogens with one attached hydrogen (secondary N) is 1. The van der Waals surface area contributed by atoms with Gasteiger partial charge in [0.05, 0.1) is 47.7 Å². The zero-order valence-electron chi connectivity index (χ0n) is 18.4. The summed E-state index contributed by atoms with van der Waals surface area (Å²) in [6.07, 6.45) is 0. The van der Waals surface area contributed by atoms with Crippen LogP contribution in [-0.4, -0.2) is 52.4 Å². The third-order valence-electron chi connectivity index (χ3n) is 5.13. The summed E-state index contributed by atoms with van der Waals surface area (Å²) in [5, 5.41) is 0.700. The van der Waals surface area contributed by atoms with Gasteiger partial charge in [0.15, 0.2) is 10.9 Å². The van der Waals surface area contributed by atoms with E-state index in [9.17, 15) is 14.4 Å². The maximum absolute atomic E-state index is 13.2. The van der Waals surface area contributed by atoms with Crippen molar-refractivity contribution in [1.82, 2.24) is 14.5 Å². The van der Waals surface area contributed by atoms with Gasteiger partial charge in [0.1, 0.15) is 0 Å². The molecule has 0 amide bonds. The summed E-state index contributed by atoms with van der Waals surface area (Å²) >= 11 is 7.25. The average Bonchev–Trinajstić information content (AvgIpc) is 3.06. The van der Waals surface area contributed by atoms with Crippen LogP contribution in [0.3, 0.4) is 0 Å². The van der Waals surface area contributed by atoms with Crippen molar-refractivity contribution in [3.05, 3.63) is 56.1 Å². The minimum absolute atomic E-state index is 0.218. The number of esters is 1. The lowest BCUT2D eigenvalue weighted by Gasteiger charge is -2.16. The highest BCUT2D eigenvalue weighted by Gasteiger charge is 2.27. The van der Waals surface area contributed by atoms with Crippen molar-refractivity contribution in [2.45, 2.75) is 37.7 Å². The molecule has 8 nitrogen and oxygen atoms in total. The second kappa shape index (κ2) is 9.89. The Bertz CT molecular complexity index is 1250.